The maximum absolute atomic E-state index is 13.7. The van der Waals surface area contributed by atoms with Gasteiger partial charge in [-0.15, -0.1) is 0 Å². The zero-order valence-corrected chi connectivity index (χ0v) is 24.0. The molecule has 2 amide bonds. The van der Waals surface area contributed by atoms with Crippen molar-refractivity contribution in [1.82, 2.24) is 9.80 Å². The molecule has 0 unspecified atom stereocenters. The van der Waals surface area contributed by atoms with Crippen LogP contribution >= 0.6 is 11.8 Å². The molecule has 0 aromatic heterocycles. The number of anilines is 1. The second kappa shape index (κ2) is 12.0. The van der Waals surface area contributed by atoms with Crippen molar-refractivity contribution in [3.8, 4) is 0 Å². The van der Waals surface area contributed by atoms with Crippen molar-refractivity contribution in [3.05, 3.63) is 100.0 Å². The summed E-state index contributed by atoms with van der Waals surface area (Å²) in [5.41, 5.74) is 4.89. The minimum Gasteiger partial charge on any atom is -0.336 e. The molecule has 0 N–H and O–H groups in total. The first-order valence-electron chi connectivity index (χ1n) is 14.6. The Morgan fingerprint density at radius 2 is 1.57 bits per heavy atom. The molecule has 40 heavy (non-hydrogen) atoms. The van der Waals surface area contributed by atoms with Crippen molar-refractivity contribution in [2.75, 3.05) is 31.1 Å². The molecule has 3 aliphatic rings. The van der Waals surface area contributed by atoms with Crippen molar-refractivity contribution in [3.63, 3.8) is 0 Å². The molecule has 1 aliphatic carbocycles. The van der Waals surface area contributed by atoms with Gasteiger partial charge in [0.15, 0.2) is 0 Å². The lowest BCUT2D eigenvalue weighted by Crippen LogP contribution is -2.52. The van der Waals surface area contributed by atoms with E-state index in [0.29, 0.717) is 23.1 Å². The largest absolute Gasteiger partial charge is 0.336 e. The number of fused-ring (bicyclic) bond motifs is 1. The molecule has 3 aromatic carbocycles. The third kappa shape index (κ3) is 5.74. The maximum Gasteiger partial charge on any atom is 0.265 e. The van der Waals surface area contributed by atoms with Crippen molar-refractivity contribution in [2.24, 2.45) is 0 Å². The number of carbonyl (C=O) groups excluding carboxylic acids is 2. The fourth-order valence-corrected chi connectivity index (χ4v) is 7.23. The monoisotopic (exact) mass is 551 g/mol. The highest BCUT2D eigenvalue weighted by Crippen LogP contribution is 2.42. The van der Waals surface area contributed by atoms with Gasteiger partial charge >= 0.3 is 0 Å². The molecule has 6 rings (SSSR count). The zero-order chi connectivity index (χ0) is 27.5. The summed E-state index contributed by atoms with van der Waals surface area (Å²) in [6, 6.07) is 24.7. The van der Waals surface area contributed by atoms with Crippen LogP contribution in [0.4, 0.5) is 5.69 Å². The van der Waals surface area contributed by atoms with Gasteiger partial charge in [-0.1, -0.05) is 79.6 Å². The molecule has 3 aromatic rings. The normalized spacial score (nSPS) is 19.6. The Bertz CT molecular complexity index is 1400. The smallest absolute Gasteiger partial charge is 0.265 e. The highest BCUT2D eigenvalue weighted by Gasteiger charge is 2.30. The number of hydrogen-bond acceptors (Lipinski definition) is 4. The molecule has 2 heterocycles. The molecule has 0 spiro atoms. The highest BCUT2D eigenvalue weighted by atomic mass is 32.2. The van der Waals surface area contributed by atoms with E-state index in [2.05, 4.69) is 30.0 Å². The quantitative estimate of drug-likeness (QED) is 0.329. The molecular weight excluding hydrogens is 514 g/mol. The van der Waals surface area contributed by atoms with E-state index in [1.54, 1.807) is 0 Å². The van der Waals surface area contributed by atoms with Crippen molar-refractivity contribution < 1.29 is 9.59 Å². The Balaban J connectivity index is 1.15. The predicted octanol–water partition coefficient (Wildman–Crippen LogP) is 6.77. The highest BCUT2D eigenvalue weighted by molar-refractivity contribution is 8.04. The number of thioether (sulfide) groups is 1. The van der Waals surface area contributed by atoms with E-state index in [0.717, 1.165) is 47.9 Å². The van der Waals surface area contributed by atoms with Crippen LogP contribution in [0.25, 0.3) is 6.08 Å². The van der Waals surface area contributed by atoms with E-state index in [-0.39, 0.29) is 11.8 Å². The van der Waals surface area contributed by atoms with Gasteiger partial charge in [-0.25, -0.2) is 0 Å². The average molecular weight is 552 g/mol. The SMILES string of the molecule is Cc1ccccc1CN1C(=O)C(=Cc2ccc(C(=O)N3CCN(C4CCCCC4)CC3)cc2)Sc2ccccc21. The van der Waals surface area contributed by atoms with Gasteiger partial charge in [-0.05, 0) is 66.8 Å². The number of benzene rings is 3. The third-order valence-electron chi connectivity index (χ3n) is 8.57. The zero-order valence-electron chi connectivity index (χ0n) is 23.2. The fraction of sp³-hybridized carbons (Fsp3) is 0.353. The number of carbonyl (C=O) groups is 2. The maximum atomic E-state index is 13.7. The van der Waals surface area contributed by atoms with Crippen LogP contribution in [0.3, 0.4) is 0 Å². The number of nitrogens with zero attached hydrogens (tertiary/aromatic N) is 3. The number of piperazine rings is 1. The van der Waals surface area contributed by atoms with Gasteiger partial charge in [-0.2, -0.15) is 0 Å². The van der Waals surface area contributed by atoms with Gasteiger partial charge in [0.1, 0.15) is 0 Å². The number of amides is 2. The standard InChI is InChI=1S/C34H37N3O2S/c1-25-9-5-6-10-28(25)24-37-30-13-7-8-14-31(30)40-32(34(37)39)23-26-15-17-27(18-16-26)33(38)36-21-19-35(20-22-36)29-11-3-2-4-12-29/h5-10,13-18,23,29H,2-4,11-12,19-22,24H2,1H3. The molecule has 0 atom stereocenters. The van der Waals surface area contributed by atoms with Gasteiger partial charge in [0.2, 0.25) is 0 Å². The van der Waals surface area contributed by atoms with Crippen LogP contribution in [0.2, 0.25) is 0 Å². The minimum absolute atomic E-state index is 0.00272. The molecule has 0 bridgehead atoms. The topological polar surface area (TPSA) is 43.9 Å². The van der Waals surface area contributed by atoms with Crippen LogP contribution < -0.4 is 4.90 Å². The summed E-state index contributed by atoms with van der Waals surface area (Å²) in [5.74, 6) is 0.104. The van der Waals surface area contributed by atoms with Gasteiger partial charge < -0.3 is 9.80 Å². The Morgan fingerprint density at radius 1 is 0.875 bits per heavy atom. The number of rotatable bonds is 5. The number of para-hydroxylation sites is 1. The number of hydrogen-bond donors (Lipinski definition) is 0. The summed E-state index contributed by atoms with van der Waals surface area (Å²) in [6.07, 6.45) is 8.61. The molecule has 1 saturated carbocycles. The first-order chi connectivity index (χ1) is 19.6. The Morgan fingerprint density at radius 3 is 2.33 bits per heavy atom. The molecular formula is C34H37N3O2S. The summed E-state index contributed by atoms with van der Waals surface area (Å²) in [5, 5.41) is 0. The van der Waals surface area contributed by atoms with Crippen LogP contribution in [0, 0.1) is 6.92 Å². The summed E-state index contributed by atoms with van der Waals surface area (Å²) in [6.45, 7) is 6.15. The predicted molar refractivity (Wildman–Crippen MR) is 163 cm³/mol. The molecule has 2 aliphatic heterocycles. The minimum atomic E-state index is 0.00272. The van der Waals surface area contributed by atoms with Crippen LogP contribution in [-0.2, 0) is 11.3 Å². The summed E-state index contributed by atoms with van der Waals surface area (Å²) >= 11 is 1.51. The van der Waals surface area contributed by atoms with E-state index in [1.165, 1.54) is 49.4 Å². The van der Waals surface area contributed by atoms with Gasteiger partial charge in [0, 0.05) is 42.7 Å². The third-order valence-corrected chi connectivity index (χ3v) is 9.65. The molecule has 6 heteroatoms. The second-order valence-electron chi connectivity index (χ2n) is 11.1. The van der Waals surface area contributed by atoms with E-state index in [9.17, 15) is 9.59 Å². The first-order valence-corrected chi connectivity index (χ1v) is 15.4. The van der Waals surface area contributed by atoms with E-state index < -0.39 is 0 Å². The van der Waals surface area contributed by atoms with Crippen LogP contribution in [-0.4, -0.2) is 53.8 Å². The second-order valence-corrected chi connectivity index (χ2v) is 12.2. The average Bonchev–Trinajstić information content (AvgIpc) is 3.01. The lowest BCUT2D eigenvalue weighted by Gasteiger charge is -2.40. The van der Waals surface area contributed by atoms with Gasteiger partial charge in [0.05, 0.1) is 17.1 Å². The van der Waals surface area contributed by atoms with E-state index in [1.807, 2.05) is 70.5 Å². The Kier molecular flexibility index (Phi) is 8.08. The van der Waals surface area contributed by atoms with E-state index in [4.69, 9.17) is 0 Å². The summed E-state index contributed by atoms with van der Waals surface area (Å²) < 4.78 is 0. The van der Waals surface area contributed by atoms with Crippen LogP contribution in [0.1, 0.15) is 59.2 Å². The first kappa shape index (κ1) is 26.9. The molecule has 0 radical (unpaired) electrons. The van der Waals surface area contributed by atoms with Crippen LogP contribution in [0.15, 0.2) is 82.6 Å². The van der Waals surface area contributed by atoms with Crippen molar-refractivity contribution in [1.29, 1.82) is 0 Å². The van der Waals surface area contributed by atoms with Gasteiger partial charge in [-0.3, -0.25) is 14.5 Å². The number of aryl methyl sites for hydroxylation is 1. The molecule has 2 fully saturated rings. The van der Waals surface area contributed by atoms with Crippen LogP contribution in [0.5, 0.6) is 0 Å². The molecule has 206 valence electrons. The lowest BCUT2D eigenvalue weighted by molar-refractivity contribution is -0.114. The summed E-state index contributed by atoms with van der Waals surface area (Å²) in [7, 11) is 0. The Hall–Kier alpha value is -3.35. The van der Waals surface area contributed by atoms with Crippen molar-refractivity contribution in [2.45, 2.75) is 56.5 Å². The lowest BCUT2D eigenvalue weighted by atomic mass is 9.94. The molecule has 5 nitrogen and oxygen atoms in total. The summed E-state index contributed by atoms with van der Waals surface area (Å²) in [4.78, 5) is 35.2. The van der Waals surface area contributed by atoms with Gasteiger partial charge in [0.25, 0.3) is 11.8 Å². The fourth-order valence-electron chi connectivity index (χ4n) is 6.17. The van der Waals surface area contributed by atoms with E-state index >= 15 is 0 Å². The molecule has 1 saturated heterocycles. The Labute approximate surface area is 241 Å². The van der Waals surface area contributed by atoms with Crippen molar-refractivity contribution >= 4 is 35.3 Å².